The summed E-state index contributed by atoms with van der Waals surface area (Å²) in [5.41, 5.74) is 1.15. The molecule has 1 rings (SSSR count). The highest BCUT2D eigenvalue weighted by atomic mass is 16.5. The van der Waals surface area contributed by atoms with Gasteiger partial charge in [-0.1, -0.05) is 38.0 Å². The van der Waals surface area contributed by atoms with Crippen LogP contribution < -0.4 is 4.74 Å². The molecule has 112 valence electrons. The van der Waals surface area contributed by atoms with Gasteiger partial charge in [-0.25, -0.2) is 0 Å². The van der Waals surface area contributed by atoms with Crippen LogP contribution >= 0.6 is 0 Å². The Morgan fingerprint density at radius 2 is 1.95 bits per heavy atom. The number of unbranched alkanes of at least 4 members (excludes halogenated alkanes) is 1. The molecule has 0 saturated carbocycles. The summed E-state index contributed by atoms with van der Waals surface area (Å²) in [6.45, 7) is 4.45. The summed E-state index contributed by atoms with van der Waals surface area (Å²) in [6.07, 6.45) is 4.74. The van der Waals surface area contributed by atoms with Crippen LogP contribution in [0.3, 0.4) is 0 Å². The molecule has 0 aliphatic heterocycles. The minimum Gasteiger partial charge on any atom is -0.496 e. The maximum Gasteiger partial charge on any atom is 0.308 e. The Balaban J connectivity index is 2.62. The molecule has 1 atom stereocenters. The lowest BCUT2D eigenvalue weighted by Crippen LogP contribution is -2.18. The molecule has 0 spiro atoms. The number of rotatable bonds is 9. The maximum atomic E-state index is 12.0. The minimum atomic E-state index is -0.0594. The fraction of sp³-hybridized carbons (Fsp3) is 0.588. The quantitative estimate of drug-likeness (QED) is 0.640. The molecule has 1 aromatic rings. The molecule has 0 fully saturated rings. The standard InChI is InChI=1S/C17H26O3/c1-4-6-9-15(17(18)20-5-2)13-12-14-10-7-8-11-16(14)19-3/h7-8,10-11,15H,4-6,9,12-13H2,1-3H3. The highest BCUT2D eigenvalue weighted by Gasteiger charge is 2.19. The first-order chi connectivity index (χ1) is 9.72. The average Bonchev–Trinajstić information content (AvgIpc) is 2.48. The highest BCUT2D eigenvalue weighted by molar-refractivity contribution is 5.72. The van der Waals surface area contributed by atoms with Gasteiger partial charge in [-0.3, -0.25) is 4.79 Å². The summed E-state index contributed by atoms with van der Waals surface area (Å²) < 4.78 is 10.5. The molecule has 0 aliphatic carbocycles. The molecular formula is C17H26O3. The molecule has 0 heterocycles. The van der Waals surface area contributed by atoms with E-state index >= 15 is 0 Å². The van der Waals surface area contributed by atoms with Crippen LogP contribution in [-0.2, 0) is 16.0 Å². The number of hydrogen-bond acceptors (Lipinski definition) is 3. The van der Waals surface area contributed by atoms with Crippen molar-refractivity contribution in [2.24, 2.45) is 5.92 Å². The van der Waals surface area contributed by atoms with Crippen molar-refractivity contribution >= 4 is 5.97 Å². The Morgan fingerprint density at radius 1 is 1.20 bits per heavy atom. The molecule has 0 bridgehead atoms. The summed E-state index contributed by atoms with van der Waals surface area (Å²) in [5.74, 6) is 0.835. The van der Waals surface area contributed by atoms with Gasteiger partial charge < -0.3 is 9.47 Å². The van der Waals surface area contributed by atoms with E-state index in [2.05, 4.69) is 13.0 Å². The molecule has 0 saturated heterocycles. The normalized spacial score (nSPS) is 11.9. The third-order valence-corrected chi connectivity index (χ3v) is 3.48. The van der Waals surface area contributed by atoms with Crippen LogP contribution in [0.2, 0.25) is 0 Å². The smallest absolute Gasteiger partial charge is 0.308 e. The average molecular weight is 278 g/mol. The summed E-state index contributed by atoms with van der Waals surface area (Å²) in [6, 6.07) is 7.98. The van der Waals surface area contributed by atoms with E-state index in [-0.39, 0.29) is 11.9 Å². The van der Waals surface area contributed by atoms with Gasteiger partial charge >= 0.3 is 5.97 Å². The van der Waals surface area contributed by atoms with Gasteiger partial charge in [0.1, 0.15) is 5.75 Å². The highest BCUT2D eigenvalue weighted by Crippen LogP contribution is 2.23. The second-order valence-electron chi connectivity index (χ2n) is 4.94. The van der Waals surface area contributed by atoms with Gasteiger partial charge in [0.25, 0.3) is 0 Å². The van der Waals surface area contributed by atoms with E-state index in [0.717, 1.165) is 43.4 Å². The van der Waals surface area contributed by atoms with Crippen LogP contribution in [0.4, 0.5) is 0 Å². The maximum absolute atomic E-state index is 12.0. The number of carbonyl (C=O) groups is 1. The second kappa shape index (κ2) is 9.40. The van der Waals surface area contributed by atoms with Crippen molar-refractivity contribution in [3.05, 3.63) is 29.8 Å². The SMILES string of the molecule is CCCCC(CCc1ccccc1OC)C(=O)OCC. The third-order valence-electron chi connectivity index (χ3n) is 3.48. The van der Waals surface area contributed by atoms with Crippen LogP contribution in [0.1, 0.15) is 45.1 Å². The van der Waals surface area contributed by atoms with Crippen molar-refractivity contribution in [1.82, 2.24) is 0 Å². The number of esters is 1. The lowest BCUT2D eigenvalue weighted by atomic mass is 9.94. The molecule has 0 aliphatic rings. The lowest BCUT2D eigenvalue weighted by molar-refractivity contribution is -0.148. The third kappa shape index (κ3) is 5.24. The van der Waals surface area contributed by atoms with Crippen molar-refractivity contribution in [3.63, 3.8) is 0 Å². The van der Waals surface area contributed by atoms with Crippen LogP contribution in [0.25, 0.3) is 0 Å². The molecule has 0 amide bonds. The van der Waals surface area contributed by atoms with E-state index < -0.39 is 0 Å². The van der Waals surface area contributed by atoms with Crippen LogP contribution in [0, 0.1) is 5.92 Å². The van der Waals surface area contributed by atoms with Crippen LogP contribution in [0.5, 0.6) is 5.75 Å². The molecule has 3 heteroatoms. The van der Waals surface area contributed by atoms with Gasteiger partial charge in [0.15, 0.2) is 0 Å². The lowest BCUT2D eigenvalue weighted by Gasteiger charge is -2.16. The van der Waals surface area contributed by atoms with Crippen molar-refractivity contribution in [1.29, 1.82) is 0 Å². The Labute approximate surface area is 122 Å². The second-order valence-corrected chi connectivity index (χ2v) is 4.94. The molecule has 0 N–H and O–H groups in total. The predicted molar refractivity (Wildman–Crippen MR) is 81.0 cm³/mol. The van der Waals surface area contributed by atoms with Gasteiger partial charge in [-0.05, 0) is 37.8 Å². The number of ether oxygens (including phenoxy) is 2. The predicted octanol–water partition coefficient (Wildman–Crippen LogP) is 4.00. The first-order valence-electron chi connectivity index (χ1n) is 7.51. The number of methoxy groups -OCH3 is 1. The molecular weight excluding hydrogens is 252 g/mol. The van der Waals surface area contributed by atoms with E-state index in [1.54, 1.807) is 7.11 Å². The van der Waals surface area contributed by atoms with Gasteiger partial charge in [-0.2, -0.15) is 0 Å². The molecule has 3 nitrogen and oxygen atoms in total. The zero-order chi connectivity index (χ0) is 14.8. The molecule has 20 heavy (non-hydrogen) atoms. The first-order valence-corrected chi connectivity index (χ1v) is 7.51. The largest absolute Gasteiger partial charge is 0.496 e. The summed E-state index contributed by atoms with van der Waals surface area (Å²) in [5, 5.41) is 0. The molecule has 0 radical (unpaired) electrons. The van der Waals surface area contributed by atoms with Gasteiger partial charge in [-0.15, -0.1) is 0 Å². The van der Waals surface area contributed by atoms with Crippen molar-refractivity contribution in [2.75, 3.05) is 13.7 Å². The summed E-state index contributed by atoms with van der Waals surface area (Å²) in [4.78, 5) is 12.0. The summed E-state index contributed by atoms with van der Waals surface area (Å²) in [7, 11) is 1.68. The number of benzene rings is 1. The van der Waals surface area contributed by atoms with E-state index in [9.17, 15) is 4.79 Å². The van der Waals surface area contributed by atoms with Gasteiger partial charge in [0.05, 0.1) is 19.6 Å². The summed E-state index contributed by atoms with van der Waals surface area (Å²) >= 11 is 0. The monoisotopic (exact) mass is 278 g/mol. The molecule has 0 aromatic heterocycles. The van der Waals surface area contributed by atoms with Crippen LogP contribution in [0.15, 0.2) is 24.3 Å². The number of hydrogen-bond donors (Lipinski definition) is 0. The zero-order valence-corrected chi connectivity index (χ0v) is 12.9. The Bertz CT molecular complexity index is 401. The van der Waals surface area contributed by atoms with Crippen molar-refractivity contribution in [2.45, 2.75) is 46.0 Å². The first kappa shape index (κ1) is 16.5. The van der Waals surface area contributed by atoms with E-state index in [4.69, 9.17) is 9.47 Å². The van der Waals surface area contributed by atoms with Crippen molar-refractivity contribution in [3.8, 4) is 5.75 Å². The zero-order valence-electron chi connectivity index (χ0n) is 12.9. The Morgan fingerprint density at radius 3 is 2.60 bits per heavy atom. The van der Waals surface area contributed by atoms with E-state index in [0.29, 0.717) is 6.61 Å². The topological polar surface area (TPSA) is 35.5 Å². The number of carbonyl (C=O) groups excluding carboxylic acids is 1. The minimum absolute atomic E-state index is 0.000174. The van der Waals surface area contributed by atoms with Gasteiger partial charge in [0.2, 0.25) is 0 Å². The van der Waals surface area contributed by atoms with Gasteiger partial charge in [0, 0.05) is 0 Å². The Hall–Kier alpha value is -1.51. The molecule has 1 unspecified atom stereocenters. The van der Waals surface area contributed by atoms with Crippen molar-refractivity contribution < 1.29 is 14.3 Å². The Kier molecular flexibility index (Phi) is 7.78. The number of aryl methyl sites for hydroxylation is 1. The number of para-hydroxylation sites is 1. The van der Waals surface area contributed by atoms with E-state index in [1.807, 2.05) is 25.1 Å². The van der Waals surface area contributed by atoms with Crippen LogP contribution in [-0.4, -0.2) is 19.7 Å². The molecule has 1 aromatic carbocycles. The fourth-order valence-electron chi connectivity index (χ4n) is 2.33. The van der Waals surface area contributed by atoms with E-state index in [1.165, 1.54) is 0 Å². The fourth-order valence-corrected chi connectivity index (χ4v) is 2.33.